The number of hydrogen-bond acceptors (Lipinski definition) is 7. The minimum absolute atomic E-state index is 0.0417. The molecule has 2 aliphatic heterocycles. The smallest absolute Gasteiger partial charge is 0.328 e. The second-order valence-electron chi connectivity index (χ2n) is 8.66. The Bertz CT molecular complexity index is 1330. The van der Waals surface area contributed by atoms with Crippen LogP contribution in [-0.2, 0) is 4.74 Å². The molecule has 0 spiro atoms. The average molecular weight is 453 g/mol. The second-order valence-corrected chi connectivity index (χ2v) is 8.66. The van der Waals surface area contributed by atoms with Gasteiger partial charge in [0.1, 0.15) is 17.7 Å². The topological polar surface area (TPSA) is 114 Å². The number of nitrogens with zero attached hydrogens (tertiary/aromatic N) is 6. The van der Waals surface area contributed by atoms with Crippen molar-refractivity contribution < 1.29 is 14.2 Å². The number of aliphatic hydroxyl groups excluding tert-OH is 1. The Morgan fingerprint density at radius 1 is 1.21 bits per heavy atom. The maximum atomic E-state index is 14.3. The SMILES string of the molecule is O=c1[nH]c2c(N3CCC(O)C3)nc(-n3cnc4c3C=C(F)CC=C4)nc2n1C1CCOCC1. The minimum Gasteiger partial charge on any atom is -0.391 e. The van der Waals surface area contributed by atoms with Gasteiger partial charge in [0, 0.05) is 38.8 Å². The first-order valence-electron chi connectivity index (χ1n) is 11.2. The number of rotatable bonds is 3. The molecule has 11 heteroatoms. The number of nitrogens with one attached hydrogen (secondary N) is 1. The lowest BCUT2D eigenvalue weighted by Crippen LogP contribution is -2.27. The fourth-order valence-electron chi connectivity index (χ4n) is 4.82. The molecule has 172 valence electrons. The van der Waals surface area contributed by atoms with E-state index in [9.17, 15) is 14.3 Å². The first-order chi connectivity index (χ1) is 16.1. The Labute approximate surface area is 188 Å². The lowest BCUT2D eigenvalue weighted by Gasteiger charge is -2.23. The number of halogens is 1. The summed E-state index contributed by atoms with van der Waals surface area (Å²) in [6.45, 7) is 2.18. The van der Waals surface area contributed by atoms with Crippen LogP contribution in [0.15, 0.2) is 23.0 Å². The summed E-state index contributed by atoms with van der Waals surface area (Å²) in [6.07, 6.45) is 8.29. The molecular formula is C22H24FN7O3. The fraction of sp³-hybridized carbons (Fsp3) is 0.455. The molecule has 3 aliphatic rings. The van der Waals surface area contributed by atoms with Gasteiger partial charge < -0.3 is 19.7 Å². The highest BCUT2D eigenvalue weighted by molar-refractivity contribution is 5.85. The molecule has 3 aromatic heterocycles. The molecule has 2 fully saturated rings. The fourth-order valence-corrected chi connectivity index (χ4v) is 4.82. The number of aromatic amines is 1. The molecule has 6 rings (SSSR count). The Kier molecular flexibility index (Phi) is 4.88. The minimum atomic E-state index is -0.463. The van der Waals surface area contributed by atoms with Crippen molar-refractivity contribution in [2.45, 2.75) is 37.8 Å². The van der Waals surface area contributed by atoms with Gasteiger partial charge in [0.2, 0.25) is 5.95 Å². The highest BCUT2D eigenvalue weighted by Crippen LogP contribution is 2.31. The number of allylic oxidation sites excluding steroid dienone is 2. The molecule has 0 aromatic carbocycles. The maximum Gasteiger partial charge on any atom is 0.328 e. The number of aromatic nitrogens is 6. The summed E-state index contributed by atoms with van der Waals surface area (Å²) < 4.78 is 23.1. The van der Waals surface area contributed by atoms with Crippen molar-refractivity contribution in [2.24, 2.45) is 0 Å². The third-order valence-electron chi connectivity index (χ3n) is 6.49. The number of hydrogen-bond donors (Lipinski definition) is 2. The van der Waals surface area contributed by atoms with Crippen LogP contribution in [0.3, 0.4) is 0 Å². The molecule has 1 aliphatic carbocycles. The van der Waals surface area contributed by atoms with E-state index in [4.69, 9.17) is 14.7 Å². The molecule has 0 saturated carbocycles. The van der Waals surface area contributed by atoms with Crippen LogP contribution in [0.1, 0.15) is 43.1 Å². The predicted octanol–water partition coefficient (Wildman–Crippen LogP) is 1.96. The molecular weight excluding hydrogens is 429 g/mol. The molecule has 0 bridgehead atoms. The Morgan fingerprint density at radius 2 is 2.06 bits per heavy atom. The van der Waals surface area contributed by atoms with E-state index < -0.39 is 6.10 Å². The standard InChI is InChI=1S/C22H24FN7O3/c23-13-2-1-3-16-17(10-13)29(12-24-16)21-26-19(28-7-4-15(31)11-28)18-20(27-21)30(22(32)25-18)14-5-8-33-9-6-14/h1,3,10,12,14-15,31H,2,4-9,11H2,(H,25,32). The van der Waals surface area contributed by atoms with E-state index >= 15 is 0 Å². The van der Waals surface area contributed by atoms with Crippen LogP contribution < -0.4 is 10.6 Å². The number of fused-ring (bicyclic) bond motifs is 2. The van der Waals surface area contributed by atoms with E-state index in [0.29, 0.717) is 79.9 Å². The van der Waals surface area contributed by atoms with Gasteiger partial charge >= 0.3 is 5.69 Å². The maximum absolute atomic E-state index is 14.3. The molecule has 1 unspecified atom stereocenters. The zero-order chi connectivity index (χ0) is 22.5. The van der Waals surface area contributed by atoms with Crippen LogP contribution in [0, 0.1) is 0 Å². The van der Waals surface area contributed by atoms with Gasteiger partial charge in [-0.25, -0.2) is 14.2 Å². The van der Waals surface area contributed by atoms with Crippen molar-refractivity contribution in [2.75, 3.05) is 31.2 Å². The van der Waals surface area contributed by atoms with E-state index in [2.05, 4.69) is 9.97 Å². The van der Waals surface area contributed by atoms with Crippen molar-refractivity contribution in [3.63, 3.8) is 0 Å². The highest BCUT2D eigenvalue weighted by atomic mass is 19.1. The van der Waals surface area contributed by atoms with E-state index in [1.54, 1.807) is 27.6 Å². The zero-order valence-corrected chi connectivity index (χ0v) is 17.9. The number of ether oxygens (including phenoxy) is 1. The van der Waals surface area contributed by atoms with E-state index in [1.807, 2.05) is 4.90 Å². The van der Waals surface area contributed by atoms with Gasteiger partial charge in [-0.1, -0.05) is 6.08 Å². The molecule has 1 atom stereocenters. The van der Waals surface area contributed by atoms with Gasteiger partial charge in [-0.05, 0) is 31.4 Å². The summed E-state index contributed by atoms with van der Waals surface area (Å²) >= 11 is 0. The Morgan fingerprint density at radius 3 is 2.85 bits per heavy atom. The predicted molar refractivity (Wildman–Crippen MR) is 120 cm³/mol. The summed E-state index contributed by atoms with van der Waals surface area (Å²) in [5.74, 6) is 0.564. The molecule has 5 heterocycles. The summed E-state index contributed by atoms with van der Waals surface area (Å²) in [7, 11) is 0. The molecule has 0 amide bonds. The van der Waals surface area contributed by atoms with Gasteiger partial charge in [0.15, 0.2) is 11.5 Å². The molecule has 10 nitrogen and oxygen atoms in total. The van der Waals surface area contributed by atoms with E-state index in [-0.39, 0.29) is 24.0 Å². The number of imidazole rings is 2. The quantitative estimate of drug-likeness (QED) is 0.623. The van der Waals surface area contributed by atoms with Gasteiger partial charge in [-0.3, -0.25) is 9.13 Å². The van der Waals surface area contributed by atoms with Crippen LogP contribution >= 0.6 is 0 Å². The highest BCUT2D eigenvalue weighted by Gasteiger charge is 2.29. The van der Waals surface area contributed by atoms with Crippen LogP contribution in [0.2, 0.25) is 0 Å². The average Bonchev–Trinajstić information content (AvgIpc) is 3.47. The van der Waals surface area contributed by atoms with Crippen LogP contribution in [0.4, 0.5) is 10.2 Å². The van der Waals surface area contributed by atoms with E-state index in [0.717, 1.165) is 0 Å². The summed E-state index contributed by atoms with van der Waals surface area (Å²) in [5.41, 5.74) is 1.95. The number of H-pyrrole nitrogens is 1. The lowest BCUT2D eigenvalue weighted by atomic mass is 10.1. The molecule has 0 radical (unpaired) electrons. The first kappa shape index (κ1) is 20.3. The molecule has 3 aromatic rings. The van der Waals surface area contributed by atoms with Crippen molar-refractivity contribution >= 4 is 29.1 Å². The summed E-state index contributed by atoms with van der Waals surface area (Å²) in [5, 5.41) is 10.1. The van der Waals surface area contributed by atoms with Crippen LogP contribution in [0.5, 0.6) is 0 Å². The van der Waals surface area contributed by atoms with E-state index in [1.165, 1.54) is 6.08 Å². The largest absolute Gasteiger partial charge is 0.391 e. The number of anilines is 1. The Balaban J connectivity index is 1.58. The lowest BCUT2D eigenvalue weighted by molar-refractivity contribution is 0.0697. The monoisotopic (exact) mass is 453 g/mol. The van der Waals surface area contributed by atoms with Crippen molar-refractivity contribution in [1.82, 2.24) is 29.1 Å². The summed E-state index contributed by atoms with van der Waals surface area (Å²) in [6, 6.07) is -0.0417. The van der Waals surface area contributed by atoms with Crippen LogP contribution in [0.25, 0.3) is 29.3 Å². The number of aliphatic hydroxyl groups is 1. The molecule has 2 saturated heterocycles. The summed E-state index contributed by atoms with van der Waals surface area (Å²) in [4.78, 5) is 31.9. The molecule has 33 heavy (non-hydrogen) atoms. The zero-order valence-electron chi connectivity index (χ0n) is 17.9. The Hall–Kier alpha value is -3.31. The second kappa shape index (κ2) is 7.92. The van der Waals surface area contributed by atoms with Crippen molar-refractivity contribution in [3.8, 4) is 5.95 Å². The van der Waals surface area contributed by atoms with Gasteiger partial charge in [-0.15, -0.1) is 0 Å². The van der Waals surface area contributed by atoms with Crippen LogP contribution in [-0.4, -0.2) is 66.6 Å². The normalized spacial score (nSPS) is 21.5. The van der Waals surface area contributed by atoms with Crippen molar-refractivity contribution in [1.29, 1.82) is 0 Å². The molecule has 2 N–H and O–H groups in total. The first-order valence-corrected chi connectivity index (χ1v) is 11.2. The van der Waals surface area contributed by atoms with Crippen molar-refractivity contribution in [3.05, 3.63) is 40.1 Å². The third-order valence-corrected chi connectivity index (χ3v) is 6.49. The van der Waals surface area contributed by atoms with Gasteiger partial charge in [0.05, 0.1) is 17.5 Å². The van der Waals surface area contributed by atoms with Gasteiger partial charge in [0.25, 0.3) is 0 Å². The third kappa shape index (κ3) is 3.47. The van der Waals surface area contributed by atoms with Gasteiger partial charge in [-0.2, -0.15) is 9.97 Å². The number of β-amino-alcohol motifs (C(OH)–C–C–N with tert-alkyl or cyclic N) is 1.